The van der Waals surface area contributed by atoms with Crippen molar-refractivity contribution in [2.45, 2.75) is 12.2 Å². The standard InChI is InChI=1S/C12H13F3N4/c1-16-11(10-4-6-18-19(10)2)8-7-17-5-3-9(8)12(13,14)15/h3-7,11,16H,1-2H3. The zero-order chi connectivity index (χ0) is 14.0. The maximum absolute atomic E-state index is 13.0. The second-order valence-corrected chi connectivity index (χ2v) is 4.06. The first-order valence-corrected chi connectivity index (χ1v) is 5.61. The Morgan fingerprint density at radius 1 is 1.26 bits per heavy atom. The maximum atomic E-state index is 13.0. The van der Waals surface area contributed by atoms with Gasteiger partial charge in [0.15, 0.2) is 0 Å². The van der Waals surface area contributed by atoms with Gasteiger partial charge in [-0.05, 0) is 19.2 Å². The van der Waals surface area contributed by atoms with Gasteiger partial charge in [0, 0.05) is 31.2 Å². The fourth-order valence-electron chi connectivity index (χ4n) is 2.02. The Labute approximate surface area is 108 Å². The van der Waals surface area contributed by atoms with Gasteiger partial charge >= 0.3 is 6.18 Å². The van der Waals surface area contributed by atoms with Gasteiger partial charge in [0.1, 0.15) is 0 Å². The molecule has 0 spiro atoms. The summed E-state index contributed by atoms with van der Waals surface area (Å²) in [6.45, 7) is 0. The number of rotatable bonds is 3. The van der Waals surface area contributed by atoms with Gasteiger partial charge in [-0.15, -0.1) is 0 Å². The lowest BCUT2D eigenvalue weighted by Gasteiger charge is -2.21. The Kier molecular flexibility index (Phi) is 3.57. The van der Waals surface area contributed by atoms with Crippen molar-refractivity contribution < 1.29 is 13.2 Å². The number of pyridine rings is 1. The molecule has 0 radical (unpaired) electrons. The Bertz CT molecular complexity index is 562. The van der Waals surface area contributed by atoms with Gasteiger partial charge in [-0.2, -0.15) is 18.3 Å². The highest BCUT2D eigenvalue weighted by molar-refractivity contribution is 5.34. The molecule has 7 heteroatoms. The van der Waals surface area contributed by atoms with Crippen LogP contribution in [0.5, 0.6) is 0 Å². The van der Waals surface area contributed by atoms with E-state index >= 15 is 0 Å². The summed E-state index contributed by atoms with van der Waals surface area (Å²) in [5.41, 5.74) is 0.0325. The van der Waals surface area contributed by atoms with Gasteiger partial charge in [0.05, 0.1) is 17.3 Å². The summed E-state index contributed by atoms with van der Waals surface area (Å²) < 4.78 is 40.6. The minimum atomic E-state index is -4.41. The van der Waals surface area contributed by atoms with Crippen LogP contribution in [0.3, 0.4) is 0 Å². The topological polar surface area (TPSA) is 42.7 Å². The summed E-state index contributed by atoms with van der Waals surface area (Å²) in [7, 11) is 3.29. The fourth-order valence-corrected chi connectivity index (χ4v) is 2.02. The predicted molar refractivity (Wildman–Crippen MR) is 63.3 cm³/mol. The minimum absolute atomic E-state index is 0.0844. The minimum Gasteiger partial charge on any atom is -0.308 e. The number of alkyl halides is 3. The highest BCUT2D eigenvalue weighted by atomic mass is 19.4. The van der Waals surface area contributed by atoms with E-state index in [1.807, 2.05) is 0 Å². The number of nitrogens with one attached hydrogen (secondary N) is 1. The van der Waals surface area contributed by atoms with Crippen LogP contribution in [0, 0.1) is 0 Å². The Hall–Kier alpha value is -1.89. The van der Waals surface area contributed by atoms with Crippen LogP contribution < -0.4 is 5.32 Å². The normalized spacial score (nSPS) is 13.5. The van der Waals surface area contributed by atoms with E-state index in [-0.39, 0.29) is 5.56 Å². The molecule has 1 atom stereocenters. The van der Waals surface area contributed by atoms with Gasteiger partial charge in [0.25, 0.3) is 0 Å². The molecule has 2 heterocycles. The van der Waals surface area contributed by atoms with Gasteiger partial charge < -0.3 is 5.32 Å². The van der Waals surface area contributed by atoms with Crippen LogP contribution in [0.4, 0.5) is 13.2 Å². The summed E-state index contributed by atoms with van der Waals surface area (Å²) in [6, 6.07) is 2.04. The number of aryl methyl sites for hydroxylation is 1. The number of hydrogen-bond acceptors (Lipinski definition) is 3. The third-order valence-electron chi connectivity index (χ3n) is 2.91. The number of hydrogen-bond donors (Lipinski definition) is 1. The van der Waals surface area contributed by atoms with Crippen LogP contribution in [0.25, 0.3) is 0 Å². The lowest BCUT2D eigenvalue weighted by Crippen LogP contribution is -2.24. The average molecular weight is 270 g/mol. The first-order chi connectivity index (χ1) is 8.95. The van der Waals surface area contributed by atoms with Crippen molar-refractivity contribution in [1.82, 2.24) is 20.1 Å². The van der Waals surface area contributed by atoms with Crippen molar-refractivity contribution in [3.05, 3.63) is 47.5 Å². The second-order valence-electron chi connectivity index (χ2n) is 4.06. The molecule has 0 fully saturated rings. The van der Waals surface area contributed by atoms with Crippen molar-refractivity contribution in [2.24, 2.45) is 7.05 Å². The first kappa shape index (κ1) is 13.5. The molecule has 19 heavy (non-hydrogen) atoms. The molecule has 0 bridgehead atoms. The molecule has 0 aliphatic rings. The molecule has 0 amide bonds. The van der Waals surface area contributed by atoms with Crippen LogP contribution in [0.15, 0.2) is 30.7 Å². The zero-order valence-corrected chi connectivity index (χ0v) is 10.4. The van der Waals surface area contributed by atoms with Gasteiger partial charge in [-0.1, -0.05) is 0 Å². The molecule has 4 nitrogen and oxygen atoms in total. The van der Waals surface area contributed by atoms with E-state index < -0.39 is 17.8 Å². The quantitative estimate of drug-likeness (QED) is 0.929. The molecule has 0 saturated heterocycles. The van der Waals surface area contributed by atoms with Crippen LogP contribution in [0.1, 0.15) is 22.9 Å². The molecule has 2 rings (SSSR count). The molecule has 1 unspecified atom stereocenters. The van der Waals surface area contributed by atoms with Crippen LogP contribution in [0.2, 0.25) is 0 Å². The summed E-state index contributed by atoms with van der Waals surface area (Å²) in [6.07, 6.45) is -0.492. The van der Waals surface area contributed by atoms with Crippen molar-refractivity contribution in [3.63, 3.8) is 0 Å². The van der Waals surface area contributed by atoms with E-state index in [1.54, 1.807) is 26.4 Å². The maximum Gasteiger partial charge on any atom is 0.416 e. The summed E-state index contributed by atoms with van der Waals surface area (Å²) in [5.74, 6) is 0. The van der Waals surface area contributed by atoms with Crippen molar-refractivity contribution >= 4 is 0 Å². The van der Waals surface area contributed by atoms with E-state index in [9.17, 15) is 13.2 Å². The highest BCUT2D eigenvalue weighted by Gasteiger charge is 2.35. The molecular formula is C12H13F3N4. The monoisotopic (exact) mass is 270 g/mol. The molecule has 0 saturated carbocycles. The number of aromatic nitrogens is 3. The SMILES string of the molecule is CNC(c1cnccc1C(F)(F)F)c1ccnn1C. The van der Waals surface area contributed by atoms with Gasteiger partial charge in [-0.25, -0.2) is 0 Å². The fraction of sp³-hybridized carbons (Fsp3) is 0.333. The Morgan fingerprint density at radius 3 is 2.53 bits per heavy atom. The lowest BCUT2D eigenvalue weighted by atomic mass is 10.00. The third-order valence-corrected chi connectivity index (χ3v) is 2.91. The molecule has 102 valence electrons. The summed E-state index contributed by atoms with van der Waals surface area (Å²) in [4.78, 5) is 3.80. The molecular weight excluding hydrogens is 257 g/mol. The molecule has 2 aromatic heterocycles. The van der Waals surface area contributed by atoms with Crippen LogP contribution >= 0.6 is 0 Å². The molecule has 1 N–H and O–H groups in total. The second kappa shape index (κ2) is 5.00. The van der Waals surface area contributed by atoms with E-state index in [2.05, 4.69) is 15.4 Å². The lowest BCUT2D eigenvalue weighted by molar-refractivity contribution is -0.138. The van der Waals surface area contributed by atoms with Crippen molar-refractivity contribution in [1.29, 1.82) is 0 Å². The average Bonchev–Trinajstić information content (AvgIpc) is 2.76. The first-order valence-electron chi connectivity index (χ1n) is 5.61. The Balaban J connectivity index is 2.54. The van der Waals surface area contributed by atoms with E-state index in [0.29, 0.717) is 5.69 Å². The number of nitrogens with zero attached hydrogens (tertiary/aromatic N) is 3. The zero-order valence-electron chi connectivity index (χ0n) is 10.4. The van der Waals surface area contributed by atoms with E-state index in [4.69, 9.17) is 0 Å². The summed E-state index contributed by atoms with van der Waals surface area (Å²) >= 11 is 0. The van der Waals surface area contributed by atoms with Gasteiger partial charge in [-0.3, -0.25) is 9.67 Å². The van der Waals surface area contributed by atoms with E-state index in [1.165, 1.54) is 10.9 Å². The third kappa shape index (κ3) is 2.60. The van der Waals surface area contributed by atoms with Gasteiger partial charge in [0.2, 0.25) is 0 Å². The largest absolute Gasteiger partial charge is 0.416 e. The smallest absolute Gasteiger partial charge is 0.308 e. The summed E-state index contributed by atoms with van der Waals surface area (Å²) in [5, 5.41) is 6.85. The van der Waals surface area contributed by atoms with Crippen molar-refractivity contribution in [3.8, 4) is 0 Å². The number of halogens is 3. The molecule has 0 aromatic carbocycles. The highest BCUT2D eigenvalue weighted by Crippen LogP contribution is 2.35. The van der Waals surface area contributed by atoms with E-state index in [0.717, 1.165) is 12.3 Å². The molecule has 0 aliphatic heterocycles. The Morgan fingerprint density at radius 2 is 2.00 bits per heavy atom. The van der Waals surface area contributed by atoms with Crippen LogP contribution in [-0.4, -0.2) is 21.8 Å². The predicted octanol–water partition coefficient (Wildman–Crippen LogP) is 2.14. The van der Waals surface area contributed by atoms with Crippen LogP contribution in [-0.2, 0) is 13.2 Å². The molecule has 0 aliphatic carbocycles. The van der Waals surface area contributed by atoms with Crippen molar-refractivity contribution in [2.75, 3.05) is 7.05 Å². The molecule has 2 aromatic rings.